The normalized spacial score (nSPS) is 14.6. The highest BCUT2D eigenvalue weighted by molar-refractivity contribution is 5.96. The maximum atomic E-state index is 11.1. The van der Waals surface area contributed by atoms with Gasteiger partial charge in [-0.05, 0) is 12.1 Å². The summed E-state index contributed by atoms with van der Waals surface area (Å²) in [5, 5.41) is 3.10. The average Bonchev–Trinajstić information content (AvgIpc) is 2.16. The molecule has 4 heteroatoms. The third-order valence-electron chi connectivity index (χ3n) is 2.12. The van der Waals surface area contributed by atoms with Crippen molar-refractivity contribution in [2.24, 2.45) is 5.73 Å². The molecule has 0 saturated carbocycles. The van der Waals surface area contributed by atoms with Gasteiger partial charge in [0.05, 0.1) is 17.9 Å². The van der Waals surface area contributed by atoms with Crippen LogP contribution in [0.3, 0.4) is 0 Å². The minimum atomic E-state index is -0.458. The zero-order chi connectivity index (χ0) is 10.1. The molecule has 1 aliphatic heterocycles. The van der Waals surface area contributed by atoms with Crippen LogP contribution in [0.5, 0.6) is 0 Å². The smallest absolute Gasteiger partial charge is 0.319 e. The van der Waals surface area contributed by atoms with Gasteiger partial charge in [0.2, 0.25) is 0 Å². The highest BCUT2D eigenvalue weighted by Crippen LogP contribution is 2.30. The molecule has 0 saturated heterocycles. The maximum Gasteiger partial charge on any atom is 0.319 e. The number of carbonyl (C=O) groups excluding carboxylic acids is 1. The number of hydrogen-bond donors (Lipinski definition) is 2. The molecule has 1 aromatic rings. The predicted molar refractivity (Wildman–Crippen MR) is 56.1 cm³/mol. The summed E-state index contributed by atoms with van der Waals surface area (Å²) in [6.45, 7) is 4.21. The van der Waals surface area contributed by atoms with Crippen LogP contribution in [0.4, 0.5) is 16.2 Å². The second kappa shape index (κ2) is 3.06. The van der Waals surface area contributed by atoms with Crippen molar-refractivity contribution in [3.63, 3.8) is 0 Å². The van der Waals surface area contributed by atoms with Gasteiger partial charge in [-0.1, -0.05) is 18.7 Å². The minimum absolute atomic E-state index is 0.423. The fourth-order valence-electron chi connectivity index (χ4n) is 1.52. The number of carbonyl (C=O) groups is 1. The van der Waals surface area contributed by atoms with Gasteiger partial charge in [-0.25, -0.2) is 4.79 Å². The van der Waals surface area contributed by atoms with E-state index in [1.54, 1.807) is 0 Å². The number of anilines is 2. The number of hydrogen-bond acceptors (Lipinski definition) is 2. The molecule has 1 aliphatic rings. The third-order valence-corrected chi connectivity index (χ3v) is 2.12. The molecule has 1 aromatic carbocycles. The quantitative estimate of drug-likeness (QED) is 0.650. The van der Waals surface area contributed by atoms with Gasteiger partial charge in [-0.2, -0.15) is 0 Å². The van der Waals surface area contributed by atoms with Gasteiger partial charge in [-0.3, -0.25) is 4.90 Å². The van der Waals surface area contributed by atoms with Gasteiger partial charge in [0.1, 0.15) is 0 Å². The van der Waals surface area contributed by atoms with E-state index in [0.717, 1.165) is 17.1 Å². The molecule has 0 spiro atoms. The molecule has 0 fully saturated rings. The lowest BCUT2D eigenvalue weighted by Crippen LogP contribution is -2.40. The summed E-state index contributed by atoms with van der Waals surface area (Å²) in [5.74, 6) is 0. The molecule has 0 atom stereocenters. The SMILES string of the molecule is C=C1CN(C(N)=O)c2ccccc2N1. The molecule has 0 aliphatic carbocycles. The van der Waals surface area contributed by atoms with Crippen molar-refractivity contribution in [3.8, 4) is 0 Å². The van der Waals surface area contributed by atoms with E-state index in [-0.39, 0.29) is 0 Å². The predicted octanol–water partition coefficient (Wildman–Crippen LogP) is 1.51. The van der Waals surface area contributed by atoms with Gasteiger partial charge < -0.3 is 11.1 Å². The van der Waals surface area contributed by atoms with Crippen LogP contribution in [0.15, 0.2) is 36.5 Å². The van der Waals surface area contributed by atoms with Crippen LogP contribution in [-0.2, 0) is 0 Å². The Balaban J connectivity index is 2.48. The van der Waals surface area contributed by atoms with Crippen LogP contribution >= 0.6 is 0 Å². The first-order valence-corrected chi connectivity index (χ1v) is 4.29. The van der Waals surface area contributed by atoms with Crippen LogP contribution in [0.25, 0.3) is 0 Å². The number of nitrogens with two attached hydrogens (primary N) is 1. The summed E-state index contributed by atoms with van der Waals surface area (Å²) >= 11 is 0. The van der Waals surface area contributed by atoms with E-state index in [4.69, 9.17) is 5.73 Å². The molecule has 14 heavy (non-hydrogen) atoms. The number of rotatable bonds is 0. The van der Waals surface area contributed by atoms with Crippen molar-refractivity contribution in [3.05, 3.63) is 36.5 Å². The second-order valence-electron chi connectivity index (χ2n) is 3.17. The topological polar surface area (TPSA) is 58.4 Å². The second-order valence-corrected chi connectivity index (χ2v) is 3.17. The number of fused-ring (bicyclic) bond motifs is 1. The Morgan fingerprint density at radius 1 is 1.50 bits per heavy atom. The van der Waals surface area contributed by atoms with Crippen molar-refractivity contribution < 1.29 is 4.79 Å². The van der Waals surface area contributed by atoms with E-state index in [0.29, 0.717) is 6.54 Å². The minimum Gasteiger partial charge on any atom is -0.356 e. The Hall–Kier alpha value is -1.97. The van der Waals surface area contributed by atoms with E-state index in [2.05, 4.69) is 11.9 Å². The van der Waals surface area contributed by atoms with Crippen LogP contribution in [0.1, 0.15) is 0 Å². The zero-order valence-corrected chi connectivity index (χ0v) is 7.66. The molecule has 0 radical (unpaired) electrons. The molecular weight excluding hydrogens is 178 g/mol. The number of benzene rings is 1. The average molecular weight is 189 g/mol. The summed E-state index contributed by atoms with van der Waals surface area (Å²) in [4.78, 5) is 12.6. The zero-order valence-electron chi connectivity index (χ0n) is 7.66. The Labute approximate surface area is 82.0 Å². The maximum absolute atomic E-state index is 11.1. The van der Waals surface area contributed by atoms with Gasteiger partial charge >= 0.3 is 6.03 Å². The summed E-state index contributed by atoms with van der Waals surface area (Å²) in [6, 6.07) is 7.03. The van der Waals surface area contributed by atoms with E-state index in [9.17, 15) is 4.79 Å². The molecule has 72 valence electrons. The highest BCUT2D eigenvalue weighted by atomic mass is 16.2. The highest BCUT2D eigenvalue weighted by Gasteiger charge is 2.21. The molecule has 2 amide bonds. The Bertz CT molecular complexity index is 400. The van der Waals surface area contributed by atoms with Crippen molar-refractivity contribution in [2.45, 2.75) is 0 Å². The molecule has 0 bridgehead atoms. The van der Waals surface area contributed by atoms with Gasteiger partial charge in [-0.15, -0.1) is 0 Å². The number of urea groups is 1. The monoisotopic (exact) mass is 189 g/mol. The molecule has 4 nitrogen and oxygen atoms in total. The van der Waals surface area contributed by atoms with Crippen molar-refractivity contribution in [2.75, 3.05) is 16.8 Å². The molecular formula is C10H11N3O. The molecule has 2 rings (SSSR count). The lowest BCUT2D eigenvalue weighted by Gasteiger charge is -2.30. The van der Waals surface area contributed by atoms with E-state index < -0.39 is 6.03 Å². The fourth-order valence-corrected chi connectivity index (χ4v) is 1.52. The lowest BCUT2D eigenvalue weighted by molar-refractivity contribution is 0.254. The first-order chi connectivity index (χ1) is 6.68. The number of nitrogens with one attached hydrogen (secondary N) is 1. The fraction of sp³-hybridized carbons (Fsp3) is 0.100. The largest absolute Gasteiger partial charge is 0.356 e. The Morgan fingerprint density at radius 3 is 2.93 bits per heavy atom. The molecule has 1 heterocycles. The first kappa shape index (κ1) is 8.62. The van der Waals surface area contributed by atoms with Crippen molar-refractivity contribution in [1.29, 1.82) is 0 Å². The Kier molecular flexibility index (Phi) is 1.89. The molecule has 0 aromatic heterocycles. The standard InChI is InChI=1S/C10H11N3O/c1-7-6-13(10(11)14)9-5-3-2-4-8(9)12-7/h2-5,12H,1,6H2,(H2,11,14). The number of nitrogens with zero attached hydrogens (tertiary/aromatic N) is 1. The van der Waals surface area contributed by atoms with Crippen LogP contribution < -0.4 is 16.0 Å². The van der Waals surface area contributed by atoms with Crippen LogP contribution in [0, 0.1) is 0 Å². The summed E-state index contributed by atoms with van der Waals surface area (Å²) in [5.41, 5.74) is 7.69. The Morgan fingerprint density at radius 2 is 2.21 bits per heavy atom. The van der Waals surface area contributed by atoms with Gasteiger partial charge in [0.25, 0.3) is 0 Å². The van der Waals surface area contributed by atoms with Crippen LogP contribution in [-0.4, -0.2) is 12.6 Å². The summed E-state index contributed by atoms with van der Waals surface area (Å²) in [7, 11) is 0. The third kappa shape index (κ3) is 1.31. The van der Waals surface area contributed by atoms with E-state index >= 15 is 0 Å². The summed E-state index contributed by atoms with van der Waals surface area (Å²) < 4.78 is 0. The van der Waals surface area contributed by atoms with Gasteiger partial charge in [0, 0.05) is 5.70 Å². The van der Waals surface area contributed by atoms with E-state index in [1.807, 2.05) is 24.3 Å². The number of amides is 2. The molecule has 3 N–H and O–H groups in total. The first-order valence-electron chi connectivity index (χ1n) is 4.29. The van der Waals surface area contributed by atoms with Crippen LogP contribution in [0.2, 0.25) is 0 Å². The number of primary amides is 1. The van der Waals surface area contributed by atoms with E-state index in [1.165, 1.54) is 4.90 Å². The van der Waals surface area contributed by atoms with Gasteiger partial charge in [0.15, 0.2) is 0 Å². The summed E-state index contributed by atoms with van der Waals surface area (Å²) in [6.07, 6.45) is 0. The van der Waals surface area contributed by atoms with Crippen molar-refractivity contribution >= 4 is 17.4 Å². The lowest BCUT2D eigenvalue weighted by atomic mass is 10.2. The molecule has 0 unspecified atom stereocenters. The van der Waals surface area contributed by atoms with Crippen molar-refractivity contribution in [1.82, 2.24) is 0 Å². The number of para-hydroxylation sites is 2.